The molecule has 4 rings (SSSR count). The van der Waals surface area contributed by atoms with Crippen molar-refractivity contribution in [2.45, 2.75) is 124 Å². The molecule has 1 N–H and O–H groups in total. The van der Waals surface area contributed by atoms with Gasteiger partial charge in [0.15, 0.2) is 0 Å². The minimum Gasteiger partial charge on any atom is -0.391 e. The van der Waals surface area contributed by atoms with E-state index in [2.05, 4.69) is 45.9 Å². The van der Waals surface area contributed by atoms with Gasteiger partial charge in [0, 0.05) is 6.20 Å². The Bertz CT molecular complexity index is 728. The molecule has 182 valence electrons. The van der Waals surface area contributed by atoms with E-state index in [0.717, 1.165) is 36.0 Å². The van der Waals surface area contributed by atoms with Crippen LogP contribution in [0, 0.1) is 40.9 Å². The Kier molecular flexibility index (Phi) is 7.74. The normalized spacial score (nSPS) is 38.8. The number of aliphatic hydroxyl groups excluding tert-OH is 1. The van der Waals surface area contributed by atoms with E-state index >= 15 is 0 Å². The van der Waals surface area contributed by atoms with Crippen LogP contribution < -0.4 is 0 Å². The number of fused-ring (bicyclic) bond motifs is 3. The molecule has 0 spiro atoms. The predicted octanol–water partition coefficient (Wildman–Crippen LogP) is 7.44. The summed E-state index contributed by atoms with van der Waals surface area (Å²) >= 11 is 0. The number of rotatable bonds is 9. The average Bonchev–Trinajstić information content (AvgIpc) is 3.39. The van der Waals surface area contributed by atoms with E-state index in [9.17, 15) is 5.11 Å². The second kappa shape index (κ2) is 10.2. The molecule has 9 unspecified atom stereocenters. The number of nitrogens with zero attached hydrogens (tertiary/aromatic N) is 2. The fraction of sp³-hybridized carbons (Fsp3) is 0.897. The van der Waals surface area contributed by atoms with Crippen molar-refractivity contribution in [1.29, 1.82) is 0 Å². The summed E-state index contributed by atoms with van der Waals surface area (Å²) in [6, 6.07) is 0. The summed E-state index contributed by atoms with van der Waals surface area (Å²) in [6.07, 6.45) is 18.8. The Balaban J connectivity index is 1.45. The number of hydrogen-bond donors (Lipinski definition) is 1. The van der Waals surface area contributed by atoms with Crippen LogP contribution in [0.2, 0.25) is 0 Å². The van der Waals surface area contributed by atoms with Crippen molar-refractivity contribution in [3.63, 3.8) is 0 Å². The van der Waals surface area contributed by atoms with Gasteiger partial charge in [-0.1, -0.05) is 60.3 Å². The van der Waals surface area contributed by atoms with Gasteiger partial charge in [-0.3, -0.25) is 4.68 Å². The van der Waals surface area contributed by atoms with Crippen LogP contribution in [0.25, 0.3) is 0 Å². The van der Waals surface area contributed by atoms with Crippen molar-refractivity contribution in [2.75, 3.05) is 0 Å². The number of aliphatic hydroxyl groups is 1. The van der Waals surface area contributed by atoms with Crippen molar-refractivity contribution < 1.29 is 5.11 Å². The molecule has 3 saturated carbocycles. The molecular formula is C29H50N2O. The van der Waals surface area contributed by atoms with E-state index in [1.54, 1.807) is 0 Å². The minimum atomic E-state index is -0.269. The summed E-state index contributed by atoms with van der Waals surface area (Å²) in [7, 11) is 0. The molecule has 3 heteroatoms. The second-order valence-electron chi connectivity index (χ2n) is 12.1. The van der Waals surface area contributed by atoms with E-state index in [0.29, 0.717) is 23.8 Å². The molecule has 3 nitrogen and oxygen atoms in total. The third-order valence-corrected chi connectivity index (χ3v) is 10.5. The fourth-order valence-corrected chi connectivity index (χ4v) is 8.71. The summed E-state index contributed by atoms with van der Waals surface area (Å²) < 4.78 is 2.02. The molecule has 1 heterocycles. The van der Waals surface area contributed by atoms with Crippen LogP contribution in [0.3, 0.4) is 0 Å². The molecule has 1 aromatic rings. The van der Waals surface area contributed by atoms with Crippen LogP contribution in [0.5, 0.6) is 0 Å². The summed E-state index contributed by atoms with van der Waals surface area (Å²) in [5.41, 5.74) is 1.63. The maximum Gasteiger partial charge on any atom is 0.0769 e. The van der Waals surface area contributed by atoms with Gasteiger partial charge in [-0.15, -0.1) is 0 Å². The number of hydrogen-bond acceptors (Lipinski definition) is 2. The van der Waals surface area contributed by atoms with Crippen LogP contribution in [0.15, 0.2) is 12.4 Å². The van der Waals surface area contributed by atoms with Gasteiger partial charge in [0.2, 0.25) is 0 Å². The summed E-state index contributed by atoms with van der Waals surface area (Å²) in [4.78, 5) is 0. The van der Waals surface area contributed by atoms with Crippen molar-refractivity contribution in [3.05, 3.63) is 18.0 Å². The SMILES string of the molecule is CCCC1CCC2C(CCC3(C)C(C(O)Cn4cc(C(C)CC)cn4)CCC23)C1CCC. The minimum absolute atomic E-state index is 0.269. The third-order valence-electron chi connectivity index (χ3n) is 10.5. The highest BCUT2D eigenvalue weighted by Gasteiger charge is 2.57. The van der Waals surface area contributed by atoms with Crippen molar-refractivity contribution in [1.82, 2.24) is 9.78 Å². The summed E-state index contributed by atoms with van der Waals surface area (Å²) in [5, 5.41) is 16.0. The Morgan fingerprint density at radius 1 is 1.06 bits per heavy atom. The monoisotopic (exact) mass is 442 g/mol. The topological polar surface area (TPSA) is 38.0 Å². The molecule has 9 atom stereocenters. The molecule has 32 heavy (non-hydrogen) atoms. The second-order valence-corrected chi connectivity index (χ2v) is 12.1. The van der Waals surface area contributed by atoms with Gasteiger partial charge >= 0.3 is 0 Å². The zero-order chi connectivity index (χ0) is 22.9. The fourth-order valence-electron chi connectivity index (χ4n) is 8.71. The standard InChI is InChI=1S/C29H50N2O/c1-6-9-21-11-12-25-24(23(21)10-7-2)15-16-29(5)26(25)13-14-27(29)28(32)19-31-18-22(17-30-31)20(4)8-3/h17-18,20-21,23-28,32H,6-16,19H2,1-5H3. The van der Waals surface area contributed by atoms with Crippen LogP contribution in [0.4, 0.5) is 0 Å². The van der Waals surface area contributed by atoms with E-state index in [1.807, 2.05) is 10.9 Å². The smallest absolute Gasteiger partial charge is 0.0769 e. The highest BCUT2D eigenvalue weighted by Crippen LogP contribution is 2.64. The van der Waals surface area contributed by atoms with Gasteiger partial charge in [0.05, 0.1) is 18.8 Å². The molecule has 1 aromatic heterocycles. The Morgan fingerprint density at radius 3 is 2.56 bits per heavy atom. The van der Waals surface area contributed by atoms with Gasteiger partial charge in [0.1, 0.15) is 0 Å². The molecule has 3 aliphatic carbocycles. The highest BCUT2D eigenvalue weighted by molar-refractivity contribution is 5.10. The first-order valence-corrected chi connectivity index (χ1v) is 14.1. The van der Waals surface area contributed by atoms with Crippen molar-refractivity contribution in [2.24, 2.45) is 40.9 Å². The van der Waals surface area contributed by atoms with Gasteiger partial charge in [-0.05, 0) is 97.3 Å². The molecule has 0 aromatic carbocycles. The zero-order valence-electron chi connectivity index (χ0n) is 21.6. The molecule has 0 amide bonds. The van der Waals surface area contributed by atoms with Crippen LogP contribution in [0.1, 0.15) is 117 Å². The highest BCUT2D eigenvalue weighted by atomic mass is 16.3. The van der Waals surface area contributed by atoms with Crippen LogP contribution >= 0.6 is 0 Å². The first-order valence-electron chi connectivity index (χ1n) is 14.1. The van der Waals surface area contributed by atoms with E-state index in [1.165, 1.54) is 69.8 Å². The Hall–Kier alpha value is -0.830. The third kappa shape index (κ3) is 4.44. The van der Waals surface area contributed by atoms with Crippen molar-refractivity contribution >= 4 is 0 Å². The van der Waals surface area contributed by atoms with E-state index in [4.69, 9.17) is 0 Å². The van der Waals surface area contributed by atoms with Crippen LogP contribution in [-0.4, -0.2) is 21.0 Å². The maximum absolute atomic E-state index is 11.4. The summed E-state index contributed by atoms with van der Waals surface area (Å²) in [5.74, 6) is 5.63. The summed E-state index contributed by atoms with van der Waals surface area (Å²) in [6.45, 7) is 12.5. The first-order chi connectivity index (χ1) is 15.4. The van der Waals surface area contributed by atoms with Gasteiger partial charge in [0.25, 0.3) is 0 Å². The first kappa shape index (κ1) is 24.3. The predicted molar refractivity (Wildman–Crippen MR) is 134 cm³/mol. The molecular weight excluding hydrogens is 392 g/mol. The lowest BCUT2D eigenvalue weighted by molar-refractivity contribution is -0.0779. The maximum atomic E-state index is 11.4. The Morgan fingerprint density at radius 2 is 1.84 bits per heavy atom. The Labute approximate surface area is 197 Å². The lowest BCUT2D eigenvalue weighted by Gasteiger charge is -2.55. The van der Waals surface area contributed by atoms with Gasteiger partial charge < -0.3 is 5.11 Å². The van der Waals surface area contributed by atoms with E-state index < -0.39 is 0 Å². The lowest BCUT2D eigenvalue weighted by atomic mass is 9.50. The largest absolute Gasteiger partial charge is 0.391 e. The quantitative estimate of drug-likeness (QED) is 0.431. The molecule has 3 aliphatic rings. The van der Waals surface area contributed by atoms with Gasteiger partial charge in [-0.25, -0.2) is 0 Å². The number of aromatic nitrogens is 2. The molecule has 0 radical (unpaired) electrons. The zero-order valence-corrected chi connectivity index (χ0v) is 21.6. The molecule has 0 saturated heterocycles. The van der Waals surface area contributed by atoms with Crippen LogP contribution in [-0.2, 0) is 6.54 Å². The van der Waals surface area contributed by atoms with Gasteiger partial charge in [-0.2, -0.15) is 5.10 Å². The molecule has 0 bridgehead atoms. The molecule has 3 fully saturated rings. The lowest BCUT2D eigenvalue weighted by Crippen LogP contribution is -2.49. The van der Waals surface area contributed by atoms with Crippen molar-refractivity contribution in [3.8, 4) is 0 Å². The average molecular weight is 443 g/mol. The molecule has 0 aliphatic heterocycles. The van der Waals surface area contributed by atoms with E-state index in [-0.39, 0.29) is 6.10 Å².